The van der Waals surface area contributed by atoms with E-state index in [2.05, 4.69) is 27.7 Å². The lowest BCUT2D eigenvalue weighted by atomic mass is 9.82. The summed E-state index contributed by atoms with van der Waals surface area (Å²) in [7, 11) is 0. The maximum Gasteiger partial charge on any atom is 0.200 e. The van der Waals surface area contributed by atoms with Gasteiger partial charge < -0.3 is 4.74 Å². The van der Waals surface area contributed by atoms with Gasteiger partial charge in [-0.1, -0.05) is 90.9 Å². The van der Waals surface area contributed by atoms with Gasteiger partial charge in [-0.2, -0.15) is 0 Å². The summed E-state index contributed by atoms with van der Waals surface area (Å²) in [6, 6.07) is 0. The largest absolute Gasteiger partial charge is 0.376 e. The predicted molar refractivity (Wildman–Crippen MR) is 139 cm³/mol. The molecule has 0 radical (unpaired) electrons. The summed E-state index contributed by atoms with van der Waals surface area (Å²) in [5.74, 6) is -9.41. The molecule has 2 unspecified atom stereocenters. The van der Waals surface area contributed by atoms with Gasteiger partial charge >= 0.3 is 0 Å². The number of hydrogen-bond donors (Lipinski definition) is 0. The Morgan fingerprint density at radius 2 is 0.972 bits per heavy atom. The van der Waals surface area contributed by atoms with Gasteiger partial charge in [-0.3, -0.25) is 0 Å². The molecule has 0 amide bonds. The summed E-state index contributed by atoms with van der Waals surface area (Å²) in [4.78, 5) is 0. The number of hydrogen-bond acceptors (Lipinski definition) is 1. The second kappa shape index (κ2) is 17.4. The maximum atomic E-state index is 14.0. The minimum absolute atomic E-state index is 0.113. The van der Waals surface area contributed by atoms with Crippen LogP contribution in [0.25, 0.3) is 0 Å². The average molecular weight is 521 g/mol. The molecular weight excluding hydrogens is 471 g/mol. The van der Waals surface area contributed by atoms with Crippen molar-refractivity contribution in [1.29, 1.82) is 0 Å². The molecule has 0 aliphatic heterocycles. The molecule has 0 heterocycles. The van der Waals surface area contributed by atoms with Crippen molar-refractivity contribution in [2.24, 2.45) is 5.92 Å². The van der Waals surface area contributed by atoms with Crippen molar-refractivity contribution in [3.05, 3.63) is 34.6 Å². The monoisotopic (exact) mass is 520 g/mol. The fourth-order valence-corrected chi connectivity index (χ4v) is 5.25. The van der Waals surface area contributed by atoms with Gasteiger partial charge in [0.05, 0.1) is 5.60 Å². The van der Waals surface area contributed by atoms with E-state index < -0.39 is 40.6 Å². The van der Waals surface area contributed by atoms with E-state index in [-0.39, 0.29) is 5.60 Å². The van der Waals surface area contributed by atoms with Crippen molar-refractivity contribution in [2.75, 3.05) is 6.61 Å². The average Bonchev–Trinajstić information content (AvgIpc) is 2.83. The van der Waals surface area contributed by atoms with Crippen LogP contribution in [0.15, 0.2) is 0 Å². The quantitative estimate of drug-likeness (QED) is 0.0719. The van der Waals surface area contributed by atoms with Crippen LogP contribution in [0.4, 0.5) is 22.0 Å². The molecule has 0 saturated carbocycles. The number of halogens is 5. The maximum absolute atomic E-state index is 14.0. The van der Waals surface area contributed by atoms with Gasteiger partial charge in [0, 0.05) is 12.2 Å². The normalized spacial score (nSPS) is 13.8. The van der Waals surface area contributed by atoms with Gasteiger partial charge in [0.2, 0.25) is 5.82 Å². The standard InChI is InChI=1S/C30H49F5O/c1-6-8-9-10-14-17-20-23(30(4,5)36-7-2)21-18-15-12-11-13-16-19-22(3)24-25(31)27(33)29(35)28(34)26(24)32/h22-23H,6-21H2,1-5H3. The first-order chi connectivity index (χ1) is 17.1. The molecule has 0 aliphatic carbocycles. The molecular formula is C30H49F5O. The zero-order chi connectivity index (χ0) is 27.1. The molecule has 210 valence electrons. The third kappa shape index (κ3) is 10.7. The van der Waals surface area contributed by atoms with Crippen LogP contribution in [0.2, 0.25) is 0 Å². The molecule has 2 atom stereocenters. The zero-order valence-corrected chi connectivity index (χ0v) is 23.3. The van der Waals surface area contributed by atoms with E-state index in [1.165, 1.54) is 51.9 Å². The second-order valence-electron chi connectivity index (χ2n) is 10.9. The molecule has 36 heavy (non-hydrogen) atoms. The van der Waals surface area contributed by atoms with Crippen LogP contribution < -0.4 is 0 Å². The first-order valence-electron chi connectivity index (χ1n) is 14.2. The van der Waals surface area contributed by atoms with Gasteiger partial charge in [0.25, 0.3) is 0 Å². The smallest absolute Gasteiger partial charge is 0.200 e. The highest BCUT2D eigenvalue weighted by atomic mass is 19.2. The molecule has 0 aliphatic rings. The highest BCUT2D eigenvalue weighted by molar-refractivity contribution is 5.27. The summed E-state index contributed by atoms with van der Waals surface area (Å²) >= 11 is 0. The minimum Gasteiger partial charge on any atom is -0.376 e. The first kappa shape index (κ1) is 32.9. The summed E-state index contributed by atoms with van der Waals surface area (Å²) in [6.45, 7) is 11.0. The zero-order valence-electron chi connectivity index (χ0n) is 23.3. The number of benzene rings is 1. The van der Waals surface area contributed by atoms with Crippen LogP contribution >= 0.6 is 0 Å². The van der Waals surface area contributed by atoms with Crippen LogP contribution in [0.3, 0.4) is 0 Å². The SMILES string of the molecule is CCCCCCCCC(CCCCCCCCC(C)c1c(F)c(F)c(F)c(F)c1F)C(C)(C)OCC. The molecule has 1 rings (SSSR count). The Bertz CT molecular complexity index is 720. The van der Waals surface area contributed by atoms with Crippen molar-refractivity contribution in [2.45, 2.75) is 142 Å². The summed E-state index contributed by atoms with van der Waals surface area (Å²) in [6.07, 6.45) is 16.5. The van der Waals surface area contributed by atoms with E-state index in [0.29, 0.717) is 18.8 Å². The van der Waals surface area contributed by atoms with Crippen molar-refractivity contribution < 1.29 is 26.7 Å². The molecule has 0 spiro atoms. The second-order valence-corrected chi connectivity index (χ2v) is 10.9. The minimum atomic E-state index is -2.10. The Kier molecular flexibility index (Phi) is 15.8. The fraction of sp³-hybridized carbons (Fsp3) is 0.800. The van der Waals surface area contributed by atoms with Crippen molar-refractivity contribution in [1.82, 2.24) is 0 Å². The van der Waals surface area contributed by atoms with E-state index in [1.54, 1.807) is 0 Å². The third-order valence-electron chi connectivity index (χ3n) is 7.58. The van der Waals surface area contributed by atoms with Crippen LogP contribution in [0.1, 0.15) is 142 Å². The van der Waals surface area contributed by atoms with Crippen LogP contribution in [-0.4, -0.2) is 12.2 Å². The van der Waals surface area contributed by atoms with Gasteiger partial charge in [-0.05, 0) is 51.9 Å². The van der Waals surface area contributed by atoms with Gasteiger partial charge in [-0.15, -0.1) is 0 Å². The lowest BCUT2D eigenvalue weighted by Crippen LogP contribution is -2.34. The van der Waals surface area contributed by atoms with Crippen LogP contribution in [0, 0.1) is 35.0 Å². The summed E-state index contributed by atoms with van der Waals surface area (Å²) in [5, 5.41) is 0. The van der Waals surface area contributed by atoms with Gasteiger partial charge in [0.1, 0.15) is 0 Å². The van der Waals surface area contributed by atoms with Gasteiger partial charge in [-0.25, -0.2) is 22.0 Å². The molecule has 6 heteroatoms. The molecule has 0 aromatic heterocycles. The van der Waals surface area contributed by atoms with Crippen molar-refractivity contribution in [3.63, 3.8) is 0 Å². The molecule has 1 aromatic carbocycles. The van der Waals surface area contributed by atoms with Crippen molar-refractivity contribution in [3.8, 4) is 0 Å². The highest BCUT2D eigenvalue weighted by Gasteiger charge is 2.29. The van der Waals surface area contributed by atoms with Gasteiger partial charge in [0.15, 0.2) is 23.3 Å². The molecule has 0 fully saturated rings. The Morgan fingerprint density at radius 1 is 0.583 bits per heavy atom. The van der Waals surface area contributed by atoms with Crippen LogP contribution in [-0.2, 0) is 4.74 Å². The van der Waals surface area contributed by atoms with E-state index in [9.17, 15) is 22.0 Å². The van der Waals surface area contributed by atoms with Crippen LogP contribution in [0.5, 0.6) is 0 Å². The number of ether oxygens (including phenoxy) is 1. The van der Waals surface area contributed by atoms with Crippen molar-refractivity contribution >= 4 is 0 Å². The molecule has 0 saturated heterocycles. The Morgan fingerprint density at radius 3 is 1.42 bits per heavy atom. The molecule has 1 aromatic rings. The summed E-state index contributed by atoms with van der Waals surface area (Å²) < 4.78 is 74.2. The topological polar surface area (TPSA) is 9.23 Å². The predicted octanol–water partition coefficient (Wildman–Crippen LogP) is 10.8. The van der Waals surface area contributed by atoms with E-state index in [0.717, 1.165) is 45.1 Å². The first-order valence-corrected chi connectivity index (χ1v) is 14.2. The van der Waals surface area contributed by atoms with E-state index in [4.69, 9.17) is 4.74 Å². The summed E-state index contributed by atoms with van der Waals surface area (Å²) in [5.41, 5.74) is -0.808. The fourth-order valence-electron chi connectivity index (χ4n) is 5.25. The molecule has 0 bridgehead atoms. The molecule has 1 nitrogen and oxygen atoms in total. The Balaban J connectivity index is 2.36. The number of unbranched alkanes of at least 4 members (excludes halogenated alkanes) is 10. The highest BCUT2D eigenvalue weighted by Crippen LogP contribution is 2.33. The Hall–Kier alpha value is -1.17. The Labute approximate surface area is 216 Å². The molecule has 0 N–H and O–H groups in total. The lowest BCUT2D eigenvalue weighted by Gasteiger charge is -2.34. The van der Waals surface area contributed by atoms with E-state index in [1.807, 2.05) is 0 Å². The van der Waals surface area contributed by atoms with E-state index >= 15 is 0 Å². The lowest BCUT2D eigenvalue weighted by molar-refractivity contribution is -0.0605. The number of rotatable bonds is 20. The third-order valence-corrected chi connectivity index (χ3v) is 7.58.